The van der Waals surface area contributed by atoms with Crippen molar-refractivity contribution in [2.75, 3.05) is 57.8 Å². The maximum atomic E-state index is 4.42. The number of likely N-dealkylation sites (tertiary alicyclic amines) is 1. The number of thioether (sulfide) groups is 1. The maximum absolute atomic E-state index is 4.42. The molecule has 2 saturated heterocycles. The molecule has 0 unspecified atom stereocenters. The van der Waals surface area contributed by atoms with Gasteiger partial charge in [-0.25, -0.2) is 0 Å². The fraction of sp³-hybridized carbons (Fsp3) is 0.944. The van der Waals surface area contributed by atoms with Crippen molar-refractivity contribution < 1.29 is 0 Å². The summed E-state index contributed by atoms with van der Waals surface area (Å²) in [5.74, 6) is 3.56. The van der Waals surface area contributed by atoms with Gasteiger partial charge in [-0.2, -0.15) is 11.8 Å². The maximum Gasteiger partial charge on any atom is 0.191 e. The predicted molar refractivity (Wildman–Crippen MR) is 121 cm³/mol. The zero-order valence-electron chi connectivity index (χ0n) is 15.7. The first-order chi connectivity index (χ1) is 11.8. The molecule has 0 aromatic heterocycles. The van der Waals surface area contributed by atoms with E-state index in [0.29, 0.717) is 6.04 Å². The largest absolute Gasteiger partial charge is 0.355 e. The molecule has 5 nitrogen and oxygen atoms in total. The number of nitrogens with one attached hydrogen (secondary N) is 2. The normalized spacial score (nSPS) is 24.9. The lowest BCUT2D eigenvalue weighted by molar-refractivity contribution is 0.150. The van der Waals surface area contributed by atoms with Crippen LogP contribution in [0.15, 0.2) is 4.99 Å². The Morgan fingerprint density at radius 1 is 1.04 bits per heavy atom. The van der Waals surface area contributed by atoms with Crippen LogP contribution >= 0.6 is 35.7 Å². The van der Waals surface area contributed by atoms with Crippen molar-refractivity contribution in [3.8, 4) is 0 Å². The molecule has 0 radical (unpaired) electrons. The van der Waals surface area contributed by atoms with Crippen LogP contribution in [0.2, 0.25) is 0 Å². The smallest absolute Gasteiger partial charge is 0.191 e. The number of hydrogen-bond acceptors (Lipinski definition) is 4. The van der Waals surface area contributed by atoms with Gasteiger partial charge in [-0.1, -0.05) is 12.8 Å². The molecule has 7 heteroatoms. The average Bonchev–Trinajstić information content (AvgIpc) is 3.17. The third kappa shape index (κ3) is 7.07. The Morgan fingerprint density at radius 3 is 2.36 bits per heavy atom. The average molecular weight is 481 g/mol. The van der Waals surface area contributed by atoms with Gasteiger partial charge >= 0.3 is 0 Å². The van der Waals surface area contributed by atoms with Crippen molar-refractivity contribution in [2.45, 2.75) is 50.6 Å². The van der Waals surface area contributed by atoms with E-state index >= 15 is 0 Å². The molecule has 0 atom stereocenters. The summed E-state index contributed by atoms with van der Waals surface area (Å²) in [6.45, 7) is 7.10. The van der Waals surface area contributed by atoms with Crippen LogP contribution in [0, 0.1) is 0 Å². The van der Waals surface area contributed by atoms with Crippen LogP contribution in [-0.4, -0.2) is 85.7 Å². The summed E-state index contributed by atoms with van der Waals surface area (Å²) in [6, 6.07) is 1.46. The highest BCUT2D eigenvalue weighted by molar-refractivity contribution is 14.0. The summed E-state index contributed by atoms with van der Waals surface area (Å²) in [5, 5.41) is 7.15. The van der Waals surface area contributed by atoms with Crippen molar-refractivity contribution >= 4 is 41.7 Å². The second-order valence-electron chi connectivity index (χ2n) is 7.35. The Bertz CT molecular complexity index is 389. The van der Waals surface area contributed by atoms with Crippen molar-refractivity contribution in [2.24, 2.45) is 4.99 Å². The van der Waals surface area contributed by atoms with Crippen LogP contribution in [0.3, 0.4) is 0 Å². The second-order valence-corrected chi connectivity index (χ2v) is 8.57. The molecular weight excluding hydrogens is 445 g/mol. The molecule has 3 fully saturated rings. The van der Waals surface area contributed by atoms with Crippen molar-refractivity contribution in [1.29, 1.82) is 0 Å². The number of rotatable bonds is 5. The number of guanidine groups is 1. The van der Waals surface area contributed by atoms with Crippen LogP contribution in [-0.2, 0) is 0 Å². The minimum Gasteiger partial charge on any atom is -0.355 e. The topological polar surface area (TPSA) is 42.9 Å². The van der Waals surface area contributed by atoms with Crippen LogP contribution in [0.25, 0.3) is 0 Å². The summed E-state index contributed by atoms with van der Waals surface area (Å²) < 4.78 is 0. The molecule has 0 bridgehead atoms. The van der Waals surface area contributed by atoms with Gasteiger partial charge in [-0.15, -0.1) is 24.0 Å². The Hall–Kier alpha value is 0.270. The third-order valence-corrected chi connectivity index (χ3v) is 6.70. The molecule has 0 spiro atoms. The summed E-state index contributed by atoms with van der Waals surface area (Å²) in [4.78, 5) is 9.70. The van der Waals surface area contributed by atoms with E-state index in [-0.39, 0.29) is 24.0 Å². The monoisotopic (exact) mass is 481 g/mol. The van der Waals surface area contributed by atoms with Gasteiger partial charge < -0.3 is 15.5 Å². The van der Waals surface area contributed by atoms with Gasteiger partial charge in [0.2, 0.25) is 0 Å². The number of halogens is 1. The Morgan fingerprint density at radius 2 is 1.72 bits per heavy atom. The van der Waals surface area contributed by atoms with Crippen molar-refractivity contribution in [3.63, 3.8) is 0 Å². The summed E-state index contributed by atoms with van der Waals surface area (Å²) >= 11 is 2.07. The Kier molecular flexibility index (Phi) is 10.2. The van der Waals surface area contributed by atoms with E-state index in [1.807, 2.05) is 7.05 Å². The molecule has 2 heterocycles. The Balaban J connectivity index is 0.00000225. The van der Waals surface area contributed by atoms with E-state index in [1.165, 1.54) is 76.2 Å². The fourth-order valence-corrected chi connectivity index (χ4v) is 5.20. The van der Waals surface area contributed by atoms with Gasteiger partial charge in [0.25, 0.3) is 0 Å². The first-order valence-corrected chi connectivity index (χ1v) is 11.0. The minimum atomic E-state index is 0. The highest BCUT2D eigenvalue weighted by Crippen LogP contribution is 2.26. The lowest BCUT2D eigenvalue weighted by atomic mass is 10.0. The minimum absolute atomic E-state index is 0. The highest BCUT2D eigenvalue weighted by atomic mass is 127. The third-order valence-electron chi connectivity index (χ3n) is 5.76. The SMILES string of the molecule is CN=C(NCCN1CCSCC1)NC1CCN(C2CCCC2)CC1.I. The Labute approximate surface area is 175 Å². The van der Waals surface area contributed by atoms with E-state index in [0.717, 1.165) is 25.1 Å². The zero-order chi connectivity index (χ0) is 16.6. The lowest BCUT2D eigenvalue weighted by Gasteiger charge is -2.36. The molecule has 25 heavy (non-hydrogen) atoms. The van der Waals surface area contributed by atoms with Crippen molar-refractivity contribution in [1.82, 2.24) is 20.4 Å². The molecular formula is C18H36IN5S. The molecule has 2 aliphatic heterocycles. The molecule has 0 amide bonds. The molecule has 2 N–H and O–H groups in total. The number of nitrogens with zero attached hydrogens (tertiary/aromatic N) is 3. The summed E-state index contributed by atoms with van der Waals surface area (Å²) in [7, 11) is 1.89. The molecule has 0 aromatic rings. The standard InChI is InChI=1S/C18H35N5S.HI/c1-19-18(20-8-11-22-12-14-24-15-13-22)21-16-6-9-23(10-7-16)17-4-2-3-5-17;/h16-17H,2-15H2,1H3,(H2,19,20,21);1H. The van der Waals surface area contributed by atoms with Crippen molar-refractivity contribution in [3.05, 3.63) is 0 Å². The number of hydrogen-bond donors (Lipinski definition) is 2. The van der Waals surface area contributed by atoms with Gasteiger partial charge in [0.05, 0.1) is 0 Å². The quantitative estimate of drug-likeness (QED) is 0.358. The molecule has 3 rings (SSSR count). The van der Waals surface area contributed by atoms with E-state index in [2.05, 4.69) is 37.2 Å². The second kappa shape index (κ2) is 11.9. The van der Waals surface area contributed by atoms with Gasteiger partial charge in [0.15, 0.2) is 5.96 Å². The molecule has 146 valence electrons. The van der Waals surface area contributed by atoms with Crippen LogP contribution in [0.1, 0.15) is 38.5 Å². The van der Waals surface area contributed by atoms with E-state index in [9.17, 15) is 0 Å². The van der Waals surface area contributed by atoms with Gasteiger partial charge in [-0.3, -0.25) is 9.89 Å². The first kappa shape index (κ1) is 21.6. The fourth-order valence-electron chi connectivity index (χ4n) is 4.22. The van der Waals surface area contributed by atoms with Gasteiger partial charge in [0, 0.05) is 69.9 Å². The molecule has 0 aromatic carbocycles. The lowest BCUT2D eigenvalue weighted by Crippen LogP contribution is -2.51. The van der Waals surface area contributed by atoms with Crippen LogP contribution < -0.4 is 10.6 Å². The van der Waals surface area contributed by atoms with E-state index < -0.39 is 0 Å². The van der Waals surface area contributed by atoms with E-state index in [4.69, 9.17) is 0 Å². The highest BCUT2D eigenvalue weighted by Gasteiger charge is 2.27. The molecule has 1 aliphatic carbocycles. The van der Waals surface area contributed by atoms with Gasteiger partial charge in [-0.05, 0) is 25.7 Å². The zero-order valence-corrected chi connectivity index (χ0v) is 18.9. The first-order valence-electron chi connectivity index (χ1n) is 9.86. The number of piperidine rings is 1. The predicted octanol–water partition coefficient (Wildman–Crippen LogP) is 2.23. The summed E-state index contributed by atoms with van der Waals surface area (Å²) in [5.41, 5.74) is 0. The summed E-state index contributed by atoms with van der Waals surface area (Å²) in [6.07, 6.45) is 8.23. The van der Waals surface area contributed by atoms with Crippen LogP contribution in [0.5, 0.6) is 0 Å². The number of aliphatic imine (C=N–C) groups is 1. The molecule has 1 saturated carbocycles. The van der Waals surface area contributed by atoms with Gasteiger partial charge in [0.1, 0.15) is 0 Å². The molecule has 3 aliphatic rings. The van der Waals surface area contributed by atoms with Crippen LogP contribution in [0.4, 0.5) is 0 Å². The van der Waals surface area contributed by atoms with E-state index in [1.54, 1.807) is 0 Å².